The molecule has 1 amide bonds. The molecule has 2 aliphatic heterocycles. The highest BCUT2D eigenvalue weighted by Gasteiger charge is 2.30. The Hall–Kier alpha value is -2.39. The lowest BCUT2D eigenvalue weighted by Crippen LogP contribution is -2.36. The summed E-state index contributed by atoms with van der Waals surface area (Å²) >= 11 is 1.26. The Morgan fingerprint density at radius 1 is 1.36 bits per heavy atom. The third-order valence-electron chi connectivity index (χ3n) is 4.04. The van der Waals surface area contributed by atoms with Gasteiger partial charge in [0.05, 0.1) is 23.0 Å². The first-order valence-corrected chi connectivity index (χ1v) is 8.58. The molecule has 1 aromatic rings. The van der Waals surface area contributed by atoms with Crippen molar-refractivity contribution in [3.8, 4) is 0 Å². The first-order valence-electron chi connectivity index (χ1n) is 7.77. The Labute approximate surface area is 149 Å². The van der Waals surface area contributed by atoms with E-state index in [4.69, 9.17) is 4.74 Å². The highest BCUT2D eigenvalue weighted by molar-refractivity contribution is 8.18. The number of likely N-dealkylation sites (N-methyl/N-ethyl adjacent to an activating group) is 1. The lowest BCUT2D eigenvalue weighted by atomic mass is 10.1. The van der Waals surface area contributed by atoms with Gasteiger partial charge in [0.1, 0.15) is 5.69 Å². The largest absolute Gasteiger partial charge is 0.378 e. The molecule has 3 rings (SSSR count). The summed E-state index contributed by atoms with van der Waals surface area (Å²) in [5.74, 6) is -0.162. The zero-order valence-electron chi connectivity index (χ0n) is 14.0. The first kappa shape index (κ1) is 17.4. The van der Waals surface area contributed by atoms with E-state index in [9.17, 15) is 14.9 Å². The number of benzene rings is 1. The SMILES string of the molecule is CN=C1S/C(=C/c2ccc(N3CCOCC3)c([N+](=O)[O-])c2)C(=O)N1C. The second-order valence-corrected chi connectivity index (χ2v) is 6.59. The molecule has 132 valence electrons. The number of anilines is 1. The highest BCUT2D eigenvalue weighted by atomic mass is 32.2. The van der Waals surface area contributed by atoms with Gasteiger partial charge in [-0.2, -0.15) is 0 Å². The molecular formula is C16H18N4O4S. The molecule has 0 spiro atoms. The van der Waals surface area contributed by atoms with Crippen molar-refractivity contribution in [3.05, 3.63) is 38.8 Å². The summed E-state index contributed by atoms with van der Waals surface area (Å²) in [7, 11) is 3.28. The van der Waals surface area contributed by atoms with E-state index in [0.29, 0.717) is 47.6 Å². The number of thioether (sulfide) groups is 1. The second kappa shape index (κ2) is 7.24. The Kier molecular flexibility index (Phi) is 5.05. The standard InChI is InChI=1S/C16H18N4O4S/c1-17-16-18(2)15(21)14(25-16)10-11-3-4-12(13(9-11)20(22)23)19-5-7-24-8-6-19/h3-4,9-10H,5-8H2,1-2H3/b14-10+,17-16?. The average Bonchev–Trinajstić information content (AvgIpc) is 2.90. The van der Waals surface area contributed by atoms with E-state index in [2.05, 4.69) is 4.99 Å². The molecule has 0 unspecified atom stereocenters. The van der Waals surface area contributed by atoms with Crippen molar-refractivity contribution in [2.75, 3.05) is 45.3 Å². The summed E-state index contributed by atoms with van der Waals surface area (Å²) in [5, 5.41) is 12.1. The average molecular weight is 362 g/mol. The fraction of sp³-hybridized carbons (Fsp3) is 0.375. The van der Waals surface area contributed by atoms with E-state index in [1.54, 1.807) is 32.3 Å². The van der Waals surface area contributed by atoms with E-state index in [1.165, 1.54) is 22.7 Å². The van der Waals surface area contributed by atoms with Gasteiger partial charge in [-0.05, 0) is 29.5 Å². The van der Waals surface area contributed by atoms with Crippen LogP contribution in [-0.4, -0.2) is 61.3 Å². The molecule has 0 aromatic heterocycles. The van der Waals surface area contributed by atoms with Gasteiger partial charge in [0.2, 0.25) is 0 Å². The van der Waals surface area contributed by atoms with Crippen LogP contribution < -0.4 is 4.90 Å². The number of carbonyl (C=O) groups is 1. The van der Waals surface area contributed by atoms with Crippen LogP contribution in [0.25, 0.3) is 6.08 Å². The predicted molar refractivity (Wildman–Crippen MR) is 97.8 cm³/mol. The maximum Gasteiger partial charge on any atom is 0.293 e. The molecule has 0 bridgehead atoms. The van der Waals surface area contributed by atoms with Crippen molar-refractivity contribution in [3.63, 3.8) is 0 Å². The van der Waals surface area contributed by atoms with E-state index in [0.717, 1.165) is 0 Å². The van der Waals surface area contributed by atoms with Gasteiger partial charge in [-0.25, -0.2) is 0 Å². The maximum atomic E-state index is 12.2. The van der Waals surface area contributed by atoms with Crippen LogP contribution in [0.2, 0.25) is 0 Å². The number of hydrogen-bond donors (Lipinski definition) is 0. The molecule has 9 heteroatoms. The lowest BCUT2D eigenvalue weighted by Gasteiger charge is -2.28. The molecule has 0 saturated carbocycles. The van der Waals surface area contributed by atoms with Crippen LogP contribution in [0.1, 0.15) is 5.56 Å². The van der Waals surface area contributed by atoms with Gasteiger partial charge in [-0.15, -0.1) is 0 Å². The molecule has 0 atom stereocenters. The van der Waals surface area contributed by atoms with E-state index < -0.39 is 0 Å². The van der Waals surface area contributed by atoms with E-state index >= 15 is 0 Å². The maximum absolute atomic E-state index is 12.2. The van der Waals surface area contributed by atoms with Gasteiger partial charge in [0.25, 0.3) is 11.6 Å². The normalized spacial score (nSPS) is 21.4. The highest BCUT2D eigenvalue weighted by Crippen LogP contribution is 2.34. The zero-order valence-corrected chi connectivity index (χ0v) is 14.8. The number of rotatable bonds is 3. The smallest absolute Gasteiger partial charge is 0.293 e. The lowest BCUT2D eigenvalue weighted by molar-refractivity contribution is -0.384. The van der Waals surface area contributed by atoms with Gasteiger partial charge in [0, 0.05) is 33.3 Å². The number of aliphatic imine (C=N–C) groups is 1. The molecule has 2 aliphatic rings. The number of nitro benzene ring substituents is 1. The summed E-state index contributed by atoms with van der Waals surface area (Å²) < 4.78 is 5.30. The summed E-state index contributed by atoms with van der Waals surface area (Å²) in [6, 6.07) is 5.03. The van der Waals surface area contributed by atoms with Crippen LogP contribution in [0.3, 0.4) is 0 Å². The number of carbonyl (C=O) groups excluding carboxylic acids is 1. The minimum atomic E-state index is -0.387. The predicted octanol–water partition coefficient (Wildman–Crippen LogP) is 1.96. The summed E-state index contributed by atoms with van der Waals surface area (Å²) in [4.78, 5) is 31.3. The number of morpholine rings is 1. The van der Waals surface area contributed by atoms with Crippen LogP contribution in [0.5, 0.6) is 0 Å². The van der Waals surface area contributed by atoms with Crippen molar-refractivity contribution in [1.82, 2.24) is 4.90 Å². The fourth-order valence-electron chi connectivity index (χ4n) is 2.75. The van der Waals surface area contributed by atoms with Crippen molar-refractivity contribution in [2.45, 2.75) is 0 Å². The third-order valence-corrected chi connectivity index (χ3v) is 5.19. The third kappa shape index (κ3) is 3.52. The Morgan fingerprint density at radius 3 is 2.68 bits per heavy atom. The number of ether oxygens (including phenoxy) is 1. The van der Waals surface area contributed by atoms with Crippen LogP contribution in [0.15, 0.2) is 28.1 Å². The topological polar surface area (TPSA) is 88.3 Å². The van der Waals surface area contributed by atoms with Crippen molar-refractivity contribution >= 4 is 40.3 Å². The minimum Gasteiger partial charge on any atom is -0.378 e. The molecule has 1 aromatic carbocycles. The molecule has 0 radical (unpaired) electrons. The number of hydrogen-bond acceptors (Lipinski definition) is 7. The summed E-state index contributed by atoms with van der Waals surface area (Å²) in [6.07, 6.45) is 1.66. The van der Waals surface area contributed by atoms with Gasteiger partial charge >= 0.3 is 0 Å². The fourth-order valence-corrected chi connectivity index (χ4v) is 3.68. The van der Waals surface area contributed by atoms with Crippen LogP contribution >= 0.6 is 11.8 Å². The molecule has 2 heterocycles. The summed E-state index contributed by atoms with van der Waals surface area (Å²) in [6.45, 7) is 2.35. The molecule has 8 nitrogen and oxygen atoms in total. The Morgan fingerprint density at radius 2 is 2.08 bits per heavy atom. The van der Waals surface area contributed by atoms with Gasteiger partial charge in [0.15, 0.2) is 5.17 Å². The molecule has 25 heavy (non-hydrogen) atoms. The molecule has 2 saturated heterocycles. The Bertz CT molecular complexity index is 771. The Balaban J connectivity index is 1.93. The zero-order chi connectivity index (χ0) is 18.0. The minimum absolute atomic E-state index is 0.0319. The van der Waals surface area contributed by atoms with Gasteiger partial charge < -0.3 is 9.64 Å². The number of amides is 1. The van der Waals surface area contributed by atoms with Gasteiger partial charge in [-0.3, -0.25) is 24.8 Å². The quantitative estimate of drug-likeness (QED) is 0.464. The monoisotopic (exact) mass is 362 g/mol. The van der Waals surface area contributed by atoms with E-state index in [-0.39, 0.29) is 16.5 Å². The number of amidine groups is 1. The van der Waals surface area contributed by atoms with Crippen molar-refractivity contribution in [2.24, 2.45) is 4.99 Å². The van der Waals surface area contributed by atoms with Gasteiger partial charge in [-0.1, -0.05) is 6.07 Å². The second-order valence-electron chi connectivity index (χ2n) is 5.59. The van der Waals surface area contributed by atoms with E-state index in [1.807, 2.05) is 4.90 Å². The first-order chi connectivity index (χ1) is 12.0. The van der Waals surface area contributed by atoms with Crippen molar-refractivity contribution in [1.29, 1.82) is 0 Å². The van der Waals surface area contributed by atoms with Crippen LogP contribution in [0.4, 0.5) is 11.4 Å². The van der Waals surface area contributed by atoms with Crippen molar-refractivity contribution < 1.29 is 14.5 Å². The number of nitrogens with zero attached hydrogens (tertiary/aromatic N) is 4. The van der Waals surface area contributed by atoms with Crippen LogP contribution in [-0.2, 0) is 9.53 Å². The number of nitro groups is 1. The van der Waals surface area contributed by atoms with Crippen LogP contribution in [0, 0.1) is 10.1 Å². The molecule has 0 aliphatic carbocycles. The molecule has 0 N–H and O–H groups in total. The molecule has 2 fully saturated rings. The summed E-state index contributed by atoms with van der Waals surface area (Å²) in [5.41, 5.74) is 1.23. The molecular weight excluding hydrogens is 344 g/mol.